The van der Waals surface area contributed by atoms with Gasteiger partial charge in [-0.25, -0.2) is 0 Å². The van der Waals surface area contributed by atoms with E-state index >= 15 is 0 Å². The van der Waals surface area contributed by atoms with Crippen molar-refractivity contribution in [1.82, 2.24) is 0 Å². The minimum absolute atomic E-state index is 0.282. The first-order chi connectivity index (χ1) is 7.67. The van der Waals surface area contributed by atoms with E-state index in [0.29, 0.717) is 0 Å². The summed E-state index contributed by atoms with van der Waals surface area (Å²) in [5.74, 6) is 0.947. The normalized spacial score (nSPS) is 12.2. The van der Waals surface area contributed by atoms with Crippen LogP contribution in [-0.2, 0) is 0 Å². The summed E-state index contributed by atoms with van der Waals surface area (Å²) < 4.78 is 5.73. The molecular formula is C15H22O. The molecule has 0 aliphatic carbocycles. The van der Waals surface area contributed by atoms with Crippen LogP contribution in [-0.4, -0.2) is 6.10 Å². The molecule has 0 saturated heterocycles. The lowest BCUT2D eigenvalue weighted by Crippen LogP contribution is -2.09. The summed E-state index contributed by atoms with van der Waals surface area (Å²) >= 11 is 0. The Labute approximate surface area is 99.1 Å². The van der Waals surface area contributed by atoms with Crippen LogP contribution in [0.4, 0.5) is 0 Å². The van der Waals surface area contributed by atoms with Crippen LogP contribution in [0.2, 0.25) is 0 Å². The molecule has 16 heavy (non-hydrogen) atoms. The fourth-order valence-electron chi connectivity index (χ4n) is 1.53. The molecule has 0 spiro atoms. The van der Waals surface area contributed by atoms with E-state index in [2.05, 4.69) is 39.5 Å². The van der Waals surface area contributed by atoms with E-state index in [1.54, 1.807) is 0 Å². The molecule has 1 aromatic rings. The van der Waals surface area contributed by atoms with Gasteiger partial charge in [0.1, 0.15) is 5.75 Å². The van der Waals surface area contributed by atoms with Gasteiger partial charge in [-0.2, -0.15) is 0 Å². The predicted octanol–water partition coefficient (Wildman–Crippen LogP) is 4.68. The molecule has 0 heterocycles. The van der Waals surface area contributed by atoms with Gasteiger partial charge in [0.2, 0.25) is 0 Å². The monoisotopic (exact) mass is 218 g/mol. The average molecular weight is 218 g/mol. The molecule has 0 aliphatic rings. The van der Waals surface area contributed by atoms with Crippen molar-refractivity contribution >= 4 is 5.57 Å². The van der Waals surface area contributed by atoms with Crippen molar-refractivity contribution in [3.63, 3.8) is 0 Å². The van der Waals surface area contributed by atoms with Crippen LogP contribution < -0.4 is 4.74 Å². The van der Waals surface area contributed by atoms with Crippen LogP contribution in [0.1, 0.15) is 45.6 Å². The highest BCUT2D eigenvalue weighted by Crippen LogP contribution is 2.21. The van der Waals surface area contributed by atoms with Gasteiger partial charge in [0.05, 0.1) is 6.10 Å². The van der Waals surface area contributed by atoms with Crippen LogP contribution in [0.5, 0.6) is 5.75 Å². The molecule has 0 N–H and O–H groups in total. The topological polar surface area (TPSA) is 9.23 Å². The van der Waals surface area contributed by atoms with E-state index in [9.17, 15) is 0 Å². The highest BCUT2D eigenvalue weighted by Gasteiger charge is 2.02. The molecular weight excluding hydrogens is 196 g/mol. The van der Waals surface area contributed by atoms with Crippen molar-refractivity contribution < 1.29 is 4.74 Å². The Kier molecular flexibility index (Phi) is 5.10. The summed E-state index contributed by atoms with van der Waals surface area (Å²) in [4.78, 5) is 0. The maximum absolute atomic E-state index is 5.73. The summed E-state index contributed by atoms with van der Waals surface area (Å²) in [7, 11) is 0. The maximum Gasteiger partial charge on any atom is 0.119 e. The zero-order valence-corrected chi connectivity index (χ0v) is 10.6. The van der Waals surface area contributed by atoms with E-state index in [-0.39, 0.29) is 6.10 Å². The van der Waals surface area contributed by atoms with Crippen LogP contribution in [0, 0.1) is 0 Å². The Balaban J connectivity index is 2.64. The van der Waals surface area contributed by atoms with Gasteiger partial charge in [-0.05, 0) is 43.0 Å². The molecule has 0 aliphatic heterocycles. The Morgan fingerprint density at radius 3 is 2.38 bits per heavy atom. The summed E-state index contributed by atoms with van der Waals surface area (Å²) in [5.41, 5.74) is 2.43. The molecule has 0 amide bonds. The van der Waals surface area contributed by atoms with Gasteiger partial charge in [-0.1, -0.05) is 39.0 Å². The summed E-state index contributed by atoms with van der Waals surface area (Å²) in [6.45, 7) is 10.5. The minimum atomic E-state index is 0.282. The van der Waals surface area contributed by atoms with Crippen LogP contribution in [0.3, 0.4) is 0 Å². The average Bonchev–Trinajstić information content (AvgIpc) is 2.30. The quantitative estimate of drug-likeness (QED) is 0.673. The molecule has 0 radical (unpaired) electrons. The van der Waals surface area contributed by atoms with Crippen molar-refractivity contribution in [2.24, 2.45) is 0 Å². The van der Waals surface area contributed by atoms with Crippen molar-refractivity contribution in [2.45, 2.75) is 46.1 Å². The second-order valence-corrected chi connectivity index (χ2v) is 4.21. The summed E-state index contributed by atoms with van der Waals surface area (Å²) in [6, 6.07) is 8.25. The van der Waals surface area contributed by atoms with Crippen LogP contribution in [0.25, 0.3) is 5.57 Å². The van der Waals surface area contributed by atoms with Gasteiger partial charge in [0.25, 0.3) is 0 Å². The smallest absolute Gasteiger partial charge is 0.119 e. The lowest BCUT2D eigenvalue weighted by Gasteiger charge is -2.13. The summed E-state index contributed by atoms with van der Waals surface area (Å²) in [6.07, 6.45) is 3.52. The van der Waals surface area contributed by atoms with Crippen molar-refractivity contribution in [3.8, 4) is 5.75 Å². The Bertz CT molecular complexity index is 324. The van der Waals surface area contributed by atoms with Crippen molar-refractivity contribution in [1.29, 1.82) is 0 Å². The van der Waals surface area contributed by atoms with Gasteiger partial charge in [-0.3, -0.25) is 0 Å². The molecule has 1 unspecified atom stereocenters. The molecule has 0 fully saturated rings. The first-order valence-corrected chi connectivity index (χ1v) is 6.12. The SMILES string of the molecule is C=C(CCC)c1ccc(OC(C)CC)cc1. The highest BCUT2D eigenvalue weighted by molar-refractivity contribution is 5.63. The first-order valence-electron chi connectivity index (χ1n) is 6.12. The third kappa shape index (κ3) is 3.73. The first kappa shape index (κ1) is 12.8. The Hall–Kier alpha value is -1.24. The number of ether oxygens (including phenoxy) is 1. The number of allylic oxidation sites excluding steroid dienone is 1. The second kappa shape index (κ2) is 6.37. The van der Waals surface area contributed by atoms with E-state index in [4.69, 9.17) is 4.74 Å². The molecule has 0 aromatic heterocycles. The van der Waals surface area contributed by atoms with Gasteiger partial charge in [0.15, 0.2) is 0 Å². The Morgan fingerprint density at radius 1 is 1.25 bits per heavy atom. The van der Waals surface area contributed by atoms with Gasteiger partial charge in [0, 0.05) is 0 Å². The number of hydrogen-bond donors (Lipinski definition) is 0. The van der Waals surface area contributed by atoms with E-state index < -0.39 is 0 Å². The number of benzene rings is 1. The second-order valence-electron chi connectivity index (χ2n) is 4.21. The molecule has 0 bridgehead atoms. The molecule has 1 heteroatoms. The standard InChI is InChI=1S/C15H22O/c1-5-7-12(3)14-8-10-15(11-9-14)16-13(4)6-2/h8-11,13H,3,5-7H2,1-2,4H3. The summed E-state index contributed by atoms with van der Waals surface area (Å²) in [5, 5.41) is 0. The Morgan fingerprint density at radius 2 is 1.88 bits per heavy atom. The lowest BCUT2D eigenvalue weighted by atomic mass is 10.0. The largest absolute Gasteiger partial charge is 0.491 e. The molecule has 1 rings (SSSR count). The van der Waals surface area contributed by atoms with Crippen LogP contribution in [0.15, 0.2) is 30.8 Å². The molecule has 1 atom stereocenters. The predicted molar refractivity (Wildman–Crippen MR) is 70.8 cm³/mol. The highest BCUT2D eigenvalue weighted by atomic mass is 16.5. The molecule has 88 valence electrons. The van der Waals surface area contributed by atoms with Gasteiger partial charge >= 0.3 is 0 Å². The zero-order chi connectivity index (χ0) is 12.0. The molecule has 1 aromatic carbocycles. The number of rotatable bonds is 6. The van der Waals surface area contributed by atoms with Crippen molar-refractivity contribution in [2.75, 3.05) is 0 Å². The van der Waals surface area contributed by atoms with Gasteiger partial charge < -0.3 is 4.74 Å². The minimum Gasteiger partial charge on any atom is -0.491 e. The zero-order valence-electron chi connectivity index (χ0n) is 10.6. The fourth-order valence-corrected chi connectivity index (χ4v) is 1.53. The van der Waals surface area contributed by atoms with E-state index in [1.165, 1.54) is 11.1 Å². The van der Waals surface area contributed by atoms with Crippen LogP contribution >= 0.6 is 0 Å². The van der Waals surface area contributed by atoms with Crippen molar-refractivity contribution in [3.05, 3.63) is 36.4 Å². The third-order valence-electron chi connectivity index (χ3n) is 2.73. The van der Waals surface area contributed by atoms with E-state index in [1.807, 2.05) is 12.1 Å². The fraction of sp³-hybridized carbons (Fsp3) is 0.467. The number of hydrogen-bond acceptors (Lipinski definition) is 1. The lowest BCUT2D eigenvalue weighted by molar-refractivity contribution is 0.217. The molecule has 1 nitrogen and oxygen atoms in total. The molecule has 0 saturated carbocycles. The van der Waals surface area contributed by atoms with Gasteiger partial charge in [-0.15, -0.1) is 0 Å². The third-order valence-corrected chi connectivity index (χ3v) is 2.73. The maximum atomic E-state index is 5.73. The van der Waals surface area contributed by atoms with E-state index in [0.717, 1.165) is 25.0 Å².